The summed E-state index contributed by atoms with van der Waals surface area (Å²) in [7, 11) is 3.87. The molecule has 0 unspecified atom stereocenters. The van der Waals surface area contributed by atoms with Crippen LogP contribution in [-0.4, -0.2) is 31.0 Å². The van der Waals surface area contributed by atoms with E-state index in [4.69, 9.17) is 4.42 Å². The topological polar surface area (TPSA) is 40.8 Å². The lowest BCUT2D eigenvalue weighted by atomic mass is 9.93. The van der Waals surface area contributed by atoms with Crippen molar-refractivity contribution in [2.24, 2.45) is 4.99 Å². The van der Waals surface area contributed by atoms with Crippen molar-refractivity contribution >= 4 is 40.9 Å². The van der Waals surface area contributed by atoms with E-state index < -0.39 is 0 Å². The highest BCUT2D eigenvalue weighted by Gasteiger charge is 2.20. The number of guanidine groups is 1. The van der Waals surface area contributed by atoms with Crippen molar-refractivity contribution in [2.75, 3.05) is 14.1 Å². The predicted octanol–water partition coefficient (Wildman–Crippen LogP) is 3.61. The van der Waals surface area contributed by atoms with Gasteiger partial charge in [0.1, 0.15) is 11.3 Å². The Kier molecular flexibility index (Phi) is 5.50. The number of hydrogen-bond acceptors (Lipinski definition) is 2. The zero-order chi connectivity index (χ0) is 13.9. The predicted molar refractivity (Wildman–Crippen MR) is 97.2 cm³/mol. The van der Waals surface area contributed by atoms with Crippen LogP contribution in [0.5, 0.6) is 0 Å². The normalized spacial score (nSPS) is 15.4. The summed E-state index contributed by atoms with van der Waals surface area (Å²) in [6, 6.07) is 10.8. The van der Waals surface area contributed by atoms with Gasteiger partial charge in [0.15, 0.2) is 5.96 Å². The average molecular weight is 399 g/mol. The first-order valence-corrected chi connectivity index (χ1v) is 7.18. The van der Waals surface area contributed by atoms with Crippen molar-refractivity contribution in [2.45, 2.75) is 31.8 Å². The van der Waals surface area contributed by atoms with Crippen molar-refractivity contribution in [3.05, 3.63) is 36.1 Å². The van der Waals surface area contributed by atoms with E-state index in [9.17, 15) is 0 Å². The minimum absolute atomic E-state index is 0. The van der Waals surface area contributed by atoms with E-state index in [1.165, 1.54) is 19.3 Å². The minimum atomic E-state index is 0. The van der Waals surface area contributed by atoms with Gasteiger partial charge in [-0.3, -0.25) is 4.99 Å². The highest BCUT2D eigenvalue weighted by Crippen LogP contribution is 2.21. The van der Waals surface area contributed by atoms with Crippen molar-refractivity contribution in [1.29, 1.82) is 0 Å². The molecule has 0 radical (unpaired) electrons. The lowest BCUT2D eigenvalue weighted by Crippen LogP contribution is -2.46. The van der Waals surface area contributed by atoms with Gasteiger partial charge >= 0.3 is 0 Å². The molecule has 1 aliphatic rings. The van der Waals surface area contributed by atoms with Crippen LogP contribution in [0.3, 0.4) is 0 Å². The molecular formula is C16H22IN3O. The Morgan fingerprint density at radius 1 is 1.38 bits per heavy atom. The molecule has 2 aromatic rings. The Morgan fingerprint density at radius 3 is 2.76 bits per heavy atom. The SMILES string of the molecule is CN=C(NC1CCC1)N(C)Cc1cc2ccccc2o1.I. The summed E-state index contributed by atoms with van der Waals surface area (Å²) in [5.74, 6) is 1.90. The van der Waals surface area contributed by atoms with Gasteiger partial charge in [0.05, 0.1) is 6.54 Å². The second kappa shape index (κ2) is 7.15. The maximum absolute atomic E-state index is 5.85. The Morgan fingerprint density at radius 2 is 2.14 bits per heavy atom. The van der Waals surface area contributed by atoms with Gasteiger partial charge in [0, 0.05) is 25.5 Å². The van der Waals surface area contributed by atoms with Crippen LogP contribution in [0.25, 0.3) is 11.0 Å². The third-order valence-corrected chi connectivity index (χ3v) is 3.88. The van der Waals surface area contributed by atoms with Crippen LogP contribution >= 0.6 is 24.0 Å². The van der Waals surface area contributed by atoms with Crippen LogP contribution in [0.15, 0.2) is 39.7 Å². The maximum Gasteiger partial charge on any atom is 0.194 e. The first-order chi connectivity index (χ1) is 9.76. The van der Waals surface area contributed by atoms with Crippen LogP contribution < -0.4 is 5.32 Å². The van der Waals surface area contributed by atoms with Gasteiger partial charge in [0.2, 0.25) is 0 Å². The number of rotatable bonds is 3. The molecule has 0 aliphatic heterocycles. The largest absolute Gasteiger partial charge is 0.459 e. The highest BCUT2D eigenvalue weighted by molar-refractivity contribution is 14.0. The molecule has 4 nitrogen and oxygen atoms in total. The number of nitrogens with zero attached hydrogens (tertiary/aromatic N) is 2. The van der Waals surface area contributed by atoms with Crippen molar-refractivity contribution in [3.63, 3.8) is 0 Å². The molecule has 0 bridgehead atoms. The third kappa shape index (κ3) is 3.70. The molecule has 0 saturated heterocycles. The van der Waals surface area contributed by atoms with Crippen LogP contribution in [0.1, 0.15) is 25.0 Å². The number of para-hydroxylation sites is 1. The van der Waals surface area contributed by atoms with Gasteiger partial charge in [-0.1, -0.05) is 18.2 Å². The molecule has 0 atom stereocenters. The second-order valence-electron chi connectivity index (χ2n) is 5.43. The van der Waals surface area contributed by atoms with Crippen LogP contribution in [0.4, 0.5) is 0 Å². The van der Waals surface area contributed by atoms with Gasteiger partial charge in [-0.15, -0.1) is 24.0 Å². The number of aliphatic imine (C=N–C) groups is 1. The standard InChI is InChI=1S/C16H21N3O.HI/c1-17-16(18-13-7-5-8-13)19(2)11-14-10-12-6-3-4-9-15(12)20-14;/h3-4,6,9-10,13H,5,7-8,11H2,1-2H3,(H,17,18);1H. The minimum Gasteiger partial charge on any atom is -0.459 e. The number of benzene rings is 1. The Bertz CT molecular complexity index is 586. The number of halogens is 1. The molecule has 0 spiro atoms. The third-order valence-electron chi connectivity index (χ3n) is 3.88. The molecular weight excluding hydrogens is 377 g/mol. The number of fused-ring (bicyclic) bond motifs is 1. The van der Waals surface area contributed by atoms with Gasteiger partial charge in [-0.25, -0.2) is 0 Å². The number of nitrogens with one attached hydrogen (secondary N) is 1. The molecule has 1 heterocycles. The zero-order valence-electron chi connectivity index (χ0n) is 12.5. The average Bonchev–Trinajstić information content (AvgIpc) is 2.79. The molecule has 1 saturated carbocycles. The summed E-state index contributed by atoms with van der Waals surface area (Å²) >= 11 is 0. The van der Waals surface area contributed by atoms with Crippen LogP contribution in [-0.2, 0) is 6.54 Å². The monoisotopic (exact) mass is 399 g/mol. The molecule has 0 amide bonds. The van der Waals surface area contributed by atoms with E-state index >= 15 is 0 Å². The van der Waals surface area contributed by atoms with Crippen molar-refractivity contribution in [3.8, 4) is 0 Å². The molecule has 21 heavy (non-hydrogen) atoms. The van der Waals surface area contributed by atoms with Gasteiger partial charge in [0.25, 0.3) is 0 Å². The molecule has 1 aliphatic carbocycles. The summed E-state index contributed by atoms with van der Waals surface area (Å²) < 4.78 is 5.85. The molecule has 114 valence electrons. The van der Waals surface area contributed by atoms with Crippen LogP contribution in [0.2, 0.25) is 0 Å². The molecule has 1 N–H and O–H groups in total. The fourth-order valence-corrected chi connectivity index (χ4v) is 2.50. The van der Waals surface area contributed by atoms with E-state index in [-0.39, 0.29) is 24.0 Å². The van der Waals surface area contributed by atoms with E-state index in [1.807, 2.05) is 32.3 Å². The Hall–Kier alpha value is -1.24. The fourth-order valence-electron chi connectivity index (χ4n) is 2.50. The highest BCUT2D eigenvalue weighted by atomic mass is 127. The summed E-state index contributed by atoms with van der Waals surface area (Å²) in [6.45, 7) is 0.723. The summed E-state index contributed by atoms with van der Waals surface area (Å²) in [5.41, 5.74) is 0.942. The van der Waals surface area contributed by atoms with Gasteiger partial charge in [-0.05, 0) is 31.4 Å². The first kappa shape index (κ1) is 16.1. The Labute approximate surface area is 142 Å². The summed E-state index contributed by atoms with van der Waals surface area (Å²) in [6.07, 6.45) is 3.82. The molecule has 1 aromatic carbocycles. The molecule has 3 rings (SSSR count). The van der Waals surface area contributed by atoms with Crippen LogP contribution in [0, 0.1) is 0 Å². The molecule has 5 heteroatoms. The smallest absolute Gasteiger partial charge is 0.194 e. The first-order valence-electron chi connectivity index (χ1n) is 7.18. The van der Waals surface area contributed by atoms with Gasteiger partial charge < -0.3 is 14.6 Å². The maximum atomic E-state index is 5.85. The quantitative estimate of drug-likeness (QED) is 0.487. The van der Waals surface area contributed by atoms with E-state index in [1.54, 1.807) is 0 Å². The second-order valence-corrected chi connectivity index (χ2v) is 5.43. The van der Waals surface area contributed by atoms with Crippen molar-refractivity contribution < 1.29 is 4.42 Å². The fraction of sp³-hybridized carbons (Fsp3) is 0.438. The number of hydrogen-bond donors (Lipinski definition) is 1. The number of furan rings is 1. The lowest BCUT2D eigenvalue weighted by Gasteiger charge is -2.31. The summed E-state index contributed by atoms with van der Waals surface area (Å²) in [4.78, 5) is 6.46. The van der Waals surface area contributed by atoms with E-state index in [0.29, 0.717) is 6.04 Å². The van der Waals surface area contributed by atoms with Gasteiger partial charge in [-0.2, -0.15) is 0 Å². The molecule has 1 fully saturated rings. The summed E-state index contributed by atoms with van der Waals surface area (Å²) in [5, 5.41) is 4.64. The lowest BCUT2D eigenvalue weighted by molar-refractivity contribution is 0.351. The van der Waals surface area contributed by atoms with E-state index in [2.05, 4.69) is 27.3 Å². The van der Waals surface area contributed by atoms with Crippen molar-refractivity contribution in [1.82, 2.24) is 10.2 Å². The zero-order valence-corrected chi connectivity index (χ0v) is 14.8. The Balaban J connectivity index is 0.00000161. The molecule has 1 aromatic heterocycles. The van der Waals surface area contributed by atoms with E-state index in [0.717, 1.165) is 29.2 Å².